The fourth-order valence-electron chi connectivity index (χ4n) is 1.99. The number of carbonyl (C=O) groups is 1. The summed E-state index contributed by atoms with van der Waals surface area (Å²) in [6, 6.07) is 0. The first-order valence-electron chi connectivity index (χ1n) is 8.11. The molecule has 0 aromatic rings. The Balaban J connectivity index is 3.86. The summed E-state index contributed by atoms with van der Waals surface area (Å²) in [6.07, 6.45) is 9.70. The molecule has 0 rings (SSSR count). The molecule has 122 valence electrons. The van der Waals surface area contributed by atoms with Crippen molar-refractivity contribution in [1.82, 2.24) is 0 Å². The minimum Gasteiger partial charge on any atom is -0.550 e. The molecule has 0 heterocycles. The Bertz CT molecular complexity index is 431. The van der Waals surface area contributed by atoms with Gasteiger partial charge >= 0.3 is 0 Å². The maximum atomic E-state index is 10.4. The third-order valence-corrected chi connectivity index (χ3v) is 3.31. The number of aliphatic hydroxyl groups is 1. The quantitative estimate of drug-likeness (QED) is 0.362. The normalized spacial score (nSPS) is 12.3. The summed E-state index contributed by atoms with van der Waals surface area (Å²) in [7, 11) is 0. The van der Waals surface area contributed by atoms with Crippen LogP contribution in [-0.2, 0) is 4.79 Å². The van der Waals surface area contributed by atoms with Crippen LogP contribution in [0.5, 0.6) is 0 Å². The molecule has 3 nitrogen and oxygen atoms in total. The van der Waals surface area contributed by atoms with E-state index in [2.05, 4.69) is 37.2 Å². The molecule has 2 unspecified atom stereocenters. The molecule has 2 atom stereocenters. The van der Waals surface area contributed by atoms with Crippen LogP contribution in [0.1, 0.15) is 64.7 Å². The van der Waals surface area contributed by atoms with Crippen LogP contribution in [-0.4, -0.2) is 17.2 Å². The molecule has 0 saturated heterocycles. The van der Waals surface area contributed by atoms with Crippen molar-refractivity contribution in [3.8, 4) is 23.7 Å². The van der Waals surface area contributed by atoms with E-state index < -0.39 is 18.0 Å². The SMILES string of the molecule is C=CC(C#CC#CC(O)CCCCCCCCC)CC(=O)[O-]. The van der Waals surface area contributed by atoms with Crippen molar-refractivity contribution in [3.05, 3.63) is 12.7 Å². The van der Waals surface area contributed by atoms with Crippen LogP contribution in [0, 0.1) is 29.6 Å². The van der Waals surface area contributed by atoms with Gasteiger partial charge in [0.2, 0.25) is 0 Å². The minimum atomic E-state index is -1.16. The van der Waals surface area contributed by atoms with Gasteiger partial charge in [0.05, 0.1) is 0 Å². The van der Waals surface area contributed by atoms with Gasteiger partial charge in [0, 0.05) is 18.3 Å². The van der Waals surface area contributed by atoms with Gasteiger partial charge in [0.25, 0.3) is 0 Å². The fraction of sp³-hybridized carbons (Fsp3) is 0.632. The van der Waals surface area contributed by atoms with Gasteiger partial charge in [0.1, 0.15) is 6.10 Å². The maximum Gasteiger partial charge on any atom is 0.115 e. The molecular formula is C19H27O3-. The molecule has 22 heavy (non-hydrogen) atoms. The largest absolute Gasteiger partial charge is 0.550 e. The zero-order valence-corrected chi connectivity index (χ0v) is 13.6. The monoisotopic (exact) mass is 303 g/mol. The number of carboxylic acids is 1. The Kier molecular flexibility index (Phi) is 13.1. The van der Waals surface area contributed by atoms with E-state index in [-0.39, 0.29) is 6.42 Å². The highest BCUT2D eigenvalue weighted by atomic mass is 16.4. The molecule has 0 amide bonds. The van der Waals surface area contributed by atoms with Gasteiger partial charge < -0.3 is 15.0 Å². The predicted molar refractivity (Wildman–Crippen MR) is 87.5 cm³/mol. The van der Waals surface area contributed by atoms with E-state index in [0.717, 1.165) is 12.8 Å². The van der Waals surface area contributed by atoms with Crippen molar-refractivity contribution in [2.24, 2.45) is 5.92 Å². The number of aliphatic hydroxyl groups excluding tert-OH is 1. The predicted octanol–water partition coefficient (Wildman–Crippen LogP) is 2.44. The molecule has 3 heteroatoms. The van der Waals surface area contributed by atoms with Gasteiger partial charge in [-0.1, -0.05) is 63.4 Å². The van der Waals surface area contributed by atoms with Gasteiger partial charge in [-0.05, 0) is 24.7 Å². The van der Waals surface area contributed by atoms with Crippen LogP contribution >= 0.6 is 0 Å². The first-order valence-corrected chi connectivity index (χ1v) is 8.11. The van der Waals surface area contributed by atoms with Crippen LogP contribution in [0.15, 0.2) is 12.7 Å². The highest BCUT2D eigenvalue weighted by molar-refractivity contribution is 5.65. The number of rotatable bonds is 11. The van der Waals surface area contributed by atoms with E-state index in [1.54, 1.807) is 0 Å². The number of carboxylic acid groups (broad SMARTS) is 1. The van der Waals surface area contributed by atoms with Gasteiger partial charge in [0.15, 0.2) is 0 Å². The Morgan fingerprint density at radius 3 is 2.32 bits per heavy atom. The Morgan fingerprint density at radius 1 is 1.14 bits per heavy atom. The molecule has 0 aliphatic carbocycles. The van der Waals surface area contributed by atoms with E-state index in [0.29, 0.717) is 6.42 Å². The summed E-state index contributed by atoms with van der Waals surface area (Å²) in [4.78, 5) is 10.4. The average molecular weight is 303 g/mol. The van der Waals surface area contributed by atoms with Crippen molar-refractivity contribution in [3.63, 3.8) is 0 Å². The van der Waals surface area contributed by atoms with Gasteiger partial charge in [-0.2, -0.15) is 0 Å². The topological polar surface area (TPSA) is 60.4 Å². The zero-order valence-electron chi connectivity index (χ0n) is 13.6. The summed E-state index contributed by atoms with van der Waals surface area (Å²) in [6.45, 7) is 5.72. The number of hydrogen-bond acceptors (Lipinski definition) is 3. The second kappa shape index (κ2) is 14.2. The molecule has 0 fully saturated rings. The Morgan fingerprint density at radius 2 is 1.73 bits per heavy atom. The highest BCUT2D eigenvalue weighted by Gasteiger charge is 1.99. The van der Waals surface area contributed by atoms with E-state index in [1.165, 1.54) is 38.2 Å². The van der Waals surface area contributed by atoms with Gasteiger partial charge in [-0.15, -0.1) is 6.58 Å². The molecule has 0 radical (unpaired) electrons. The Hall–Kier alpha value is -1.71. The van der Waals surface area contributed by atoms with Crippen LogP contribution in [0.2, 0.25) is 0 Å². The number of allylic oxidation sites excluding steroid dienone is 1. The summed E-state index contributed by atoms with van der Waals surface area (Å²) in [5.74, 6) is 8.85. The summed E-state index contributed by atoms with van der Waals surface area (Å²) < 4.78 is 0. The lowest BCUT2D eigenvalue weighted by Gasteiger charge is -2.04. The number of hydrogen-bond donors (Lipinski definition) is 1. The molecule has 1 N–H and O–H groups in total. The van der Waals surface area contributed by atoms with Crippen molar-refractivity contribution in [2.45, 2.75) is 70.8 Å². The fourth-order valence-corrected chi connectivity index (χ4v) is 1.99. The molecular weight excluding hydrogens is 276 g/mol. The van der Waals surface area contributed by atoms with E-state index >= 15 is 0 Å². The number of aliphatic carboxylic acids is 1. The van der Waals surface area contributed by atoms with Crippen molar-refractivity contribution < 1.29 is 15.0 Å². The minimum absolute atomic E-state index is 0.182. The summed E-state index contributed by atoms with van der Waals surface area (Å²) in [5.41, 5.74) is 0. The van der Waals surface area contributed by atoms with Crippen molar-refractivity contribution in [1.29, 1.82) is 0 Å². The second-order valence-electron chi connectivity index (χ2n) is 5.38. The lowest BCUT2D eigenvalue weighted by molar-refractivity contribution is -0.306. The number of unbranched alkanes of at least 4 members (excludes halogenated alkanes) is 6. The maximum absolute atomic E-state index is 10.4. The lowest BCUT2D eigenvalue weighted by Crippen LogP contribution is -2.24. The summed E-state index contributed by atoms with van der Waals surface area (Å²) in [5, 5.41) is 20.1. The van der Waals surface area contributed by atoms with Gasteiger partial charge in [-0.3, -0.25) is 0 Å². The zero-order chi connectivity index (χ0) is 16.6. The number of carbonyl (C=O) groups excluding carboxylic acids is 1. The first-order chi connectivity index (χ1) is 10.6. The first kappa shape index (κ1) is 20.3. The standard InChI is InChI=1S/C19H28O3/c1-3-5-6-7-8-9-10-14-18(20)15-12-11-13-17(4-2)16-19(21)22/h4,17-18,20H,2-3,5-10,14,16H2,1H3,(H,21,22)/p-1. The third kappa shape index (κ3) is 13.3. The van der Waals surface area contributed by atoms with E-state index in [1.807, 2.05) is 0 Å². The molecule has 0 spiro atoms. The summed E-state index contributed by atoms with van der Waals surface area (Å²) >= 11 is 0. The van der Waals surface area contributed by atoms with Gasteiger partial charge in [-0.25, -0.2) is 0 Å². The van der Waals surface area contributed by atoms with E-state index in [4.69, 9.17) is 0 Å². The third-order valence-electron chi connectivity index (χ3n) is 3.31. The van der Waals surface area contributed by atoms with E-state index in [9.17, 15) is 15.0 Å². The van der Waals surface area contributed by atoms with Crippen LogP contribution in [0.25, 0.3) is 0 Å². The lowest BCUT2D eigenvalue weighted by atomic mass is 10.1. The molecule has 0 aromatic heterocycles. The van der Waals surface area contributed by atoms with Crippen LogP contribution in [0.4, 0.5) is 0 Å². The van der Waals surface area contributed by atoms with Crippen molar-refractivity contribution in [2.75, 3.05) is 0 Å². The van der Waals surface area contributed by atoms with Crippen LogP contribution < -0.4 is 5.11 Å². The van der Waals surface area contributed by atoms with Crippen molar-refractivity contribution >= 4 is 5.97 Å². The molecule has 0 saturated carbocycles. The second-order valence-corrected chi connectivity index (χ2v) is 5.38. The van der Waals surface area contributed by atoms with Crippen LogP contribution in [0.3, 0.4) is 0 Å². The molecule has 0 bridgehead atoms. The molecule has 0 aromatic carbocycles. The Labute approximate surface area is 134 Å². The average Bonchev–Trinajstić information content (AvgIpc) is 2.49. The smallest absolute Gasteiger partial charge is 0.115 e. The highest BCUT2D eigenvalue weighted by Crippen LogP contribution is 2.09. The molecule has 0 aliphatic heterocycles. The molecule has 0 aliphatic rings.